The maximum atomic E-state index is 10.0. The van der Waals surface area contributed by atoms with Crippen LogP contribution in [0.15, 0.2) is 36.1 Å². The number of hydrogen-bond donors (Lipinski definition) is 4. The molecular weight excluding hydrogens is 260 g/mol. The van der Waals surface area contributed by atoms with Crippen LogP contribution in [0.5, 0.6) is 17.2 Å². The Morgan fingerprint density at radius 1 is 1.40 bits per heavy atom. The van der Waals surface area contributed by atoms with Crippen molar-refractivity contribution in [3.05, 3.63) is 41.7 Å². The number of ether oxygens (including phenoxy) is 1. The predicted octanol–water partition coefficient (Wildman–Crippen LogP) is 2.17. The van der Waals surface area contributed by atoms with Gasteiger partial charge < -0.3 is 25.2 Å². The molecule has 5 nitrogen and oxygen atoms in total. The second kappa shape index (κ2) is 5.88. The Kier molecular flexibility index (Phi) is 4.20. The highest BCUT2D eigenvalue weighted by Crippen LogP contribution is 2.38. The first-order valence-corrected chi connectivity index (χ1v) is 6.42. The molecule has 108 valence electrons. The van der Waals surface area contributed by atoms with Crippen LogP contribution in [0.2, 0.25) is 0 Å². The molecule has 2 atom stereocenters. The van der Waals surface area contributed by atoms with Gasteiger partial charge in [0, 0.05) is 30.5 Å². The lowest BCUT2D eigenvalue weighted by Crippen LogP contribution is -2.36. The van der Waals surface area contributed by atoms with Crippen molar-refractivity contribution in [2.45, 2.75) is 32.0 Å². The smallest absolute Gasteiger partial charge is 0.130 e. The molecule has 0 amide bonds. The molecule has 2 rings (SSSR count). The van der Waals surface area contributed by atoms with Gasteiger partial charge in [-0.05, 0) is 19.1 Å². The molecule has 0 aliphatic carbocycles. The Bertz CT molecular complexity index is 547. The first-order valence-electron chi connectivity index (χ1n) is 6.42. The quantitative estimate of drug-likeness (QED) is 0.502. The standard InChI is InChI=1S/C15H18O5/c1-2-9(16)4-3-5-14-13(19)8-11-12(18)6-10(17)7-15(11)20-14/h2-4,6-7,13-14,16-19H,5,8H2,1H3/b4-3-,9-2+. The number of hydrogen-bond acceptors (Lipinski definition) is 5. The maximum absolute atomic E-state index is 10.0. The van der Waals surface area contributed by atoms with Gasteiger partial charge in [-0.2, -0.15) is 0 Å². The molecule has 0 aromatic heterocycles. The Labute approximate surface area is 117 Å². The lowest BCUT2D eigenvalue weighted by Gasteiger charge is -2.30. The average molecular weight is 278 g/mol. The number of rotatable bonds is 3. The fourth-order valence-corrected chi connectivity index (χ4v) is 2.13. The molecule has 1 aromatic rings. The average Bonchev–Trinajstić information content (AvgIpc) is 2.40. The number of aromatic hydroxyl groups is 2. The first kappa shape index (κ1) is 14.3. The van der Waals surface area contributed by atoms with Crippen LogP contribution in [-0.2, 0) is 6.42 Å². The largest absolute Gasteiger partial charge is 0.508 e. The number of phenolic OH excluding ortho intramolecular Hbond substituents is 2. The van der Waals surface area contributed by atoms with Gasteiger partial charge in [0.05, 0.1) is 6.10 Å². The summed E-state index contributed by atoms with van der Waals surface area (Å²) >= 11 is 0. The lowest BCUT2D eigenvalue weighted by molar-refractivity contribution is 0.0228. The van der Waals surface area contributed by atoms with Gasteiger partial charge in [0.1, 0.15) is 29.1 Å². The minimum absolute atomic E-state index is 0.0837. The summed E-state index contributed by atoms with van der Waals surface area (Å²) in [7, 11) is 0. The number of fused-ring (bicyclic) bond motifs is 1. The van der Waals surface area contributed by atoms with Gasteiger partial charge in [0.2, 0.25) is 0 Å². The van der Waals surface area contributed by atoms with E-state index >= 15 is 0 Å². The van der Waals surface area contributed by atoms with Gasteiger partial charge in [-0.25, -0.2) is 0 Å². The summed E-state index contributed by atoms with van der Waals surface area (Å²) in [5.41, 5.74) is 0.492. The topological polar surface area (TPSA) is 90.2 Å². The Morgan fingerprint density at radius 3 is 2.85 bits per heavy atom. The zero-order valence-corrected chi connectivity index (χ0v) is 11.2. The third-order valence-electron chi connectivity index (χ3n) is 3.24. The van der Waals surface area contributed by atoms with Crippen LogP contribution in [0.3, 0.4) is 0 Å². The molecule has 2 unspecified atom stereocenters. The highest BCUT2D eigenvalue weighted by atomic mass is 16.5. The predicted molar refractivity (Wildman–Crippen MR) is 74.0 cm³/mol. The third kappa shape index (κ3) is 3.05. The van der Waals surface area contributed by atoms with E-state index in [2.05, 4.69) is 0 Å². The van der Waals surface area contributed by atoms with E-state index in [0.717, 1.165) is 0 Å². The number of aliphatic hydroxyl groups excluding tert-OH is 2. The Morgan fingerprint density at radius 2 is 2.15 bits per heavy atom. The number of phenols is 2. The summed E-state index contributed by atoms with van der Waals surface area (Å²) in [6, 6.07) is 2.64. The molecule has 0 saturated carbocycles. The molecule has 4 N–H and O–H groups in total. The number of aliphatic hydroxyl groups is 2. The number of allylic oxidation sites excluding steroid dienone is 2. The normalized spacial score (nSPS) is 22.6. The van der Waals surface area contributed by atoms with E-state index in [1.165, 1.54) is 18.2 Å². The Balaban J connectivity index is 2.13. The van der Waals surface area contributed by atoms with Crippen molar-refractivity contribution in [3.63, 3.8) is 0 Å². The van der Waals surface area contributed by atoms with Crippen LogP contribution in [0, 0.1) is 0 Å². The SMILES string of the molecule is C/C=C(O)\C=C/CC1Oc2cc(O)cc(O)c2CC1O. The van der Waals surface area contributed by atoms with Crippen LogP contribution >= 0.6 is 0 Å². The van der Waals surface area contributed by atoms with E-state index < -0.39 is 12.2 Å². The Hall–Kier alpha value is -2.14. The second-order valence-electron chi connectivity index (χ2n) is 4.72. The van der Waals surface area contributed by atoms with Crippen molar-refractivity contribution < 1.29 is 25.2 Å². The first-order chi connectivity index (χ1) is 9.51. The molecule has 1 heterocycles. The van der Waals surface area contributed by atoms with E-state index in [-0.39, 0.29) is 23.7 Å². The molecule has 0 bridgehead atoms. The van der Waals surface area contributed by atoms with E-state index in [0.29, 0.717) is 17.7 Å². The van der Waals surface area contributed by atoms with E-state index in [9.17, 15) is 20.4 Å². The van der Waals surface area contributed by atoms with E-state index in [1.54, 1.807) is 19.1 Å². The van der Waals surface area contributed by atoms with Gasteiger partial charge in [-0.1, -0.05) is 6.08 Å². The summed E-state index contributed by atoms with van der Waals surface area (Å²) in [5, 5.41) is 38.5. The van der Waals surface area contributed by atoms with Crippen LogP contribution in [0.1, 0.15) is 18.9 Å². The van der Waals surface area contributed by atoms with Crippen molar-refractivity contribution in [3.8, 4) is 17.2 Å². The molecular formula is C15H18O5. The highest BCUT2D eigenvalue weighted by Gasteiger charge is 2.29. The van der Waals surface area contributed by atoms with Crippen LogP contribution in [0.25, 0.3) is 0 Å². The highest BCUT2D eigenvalue weighted by molar-refractivity contribution is 5.51. The summed E-state index contributed by atoms with van der Waals surface area (Å²) in [6.45, 7) is 1.72. The summed E-state index contributed by atoms with van der Waals surface area (Å²) in [4.78, 5) is 0. The van der Waals surface area contributed by atoms with Crippen molar-refractivity contribution in [1.29, 1.82) is 0 Å². The minimum atomic E-state index is -0.754. The molecule has 1 aromatic carbocycles. The maximum Gasteiger partial charge on any atom is 0.130 e. The monoisotopic (exact) mass is 278 g/mol. The van der Waals surface area contributed by atoms with Crippen molar-refractivity contribution in [1.82, 2.24) is 0 Å². The molecule has 5 heteroatoms. The van der Waals surface area contributed by atoms with Crippen LogP contribution in [-0.4, -0.2) is 32.6 Å². The molecule has 0 fully saturated rings. The summed E-state index contributed by atoms with van der Waals surface area (Å²) in [5.74, 6) is 0.352. The minimum Gasteiger partial charge on any atom is -0.508 e. The van der Waals surface area contributed by atoms with Crippen LogP contribution in [0.4, 0.5) is 0 Å². The van der Waals surface area contributed by atoms with Gasteiger partial charge in [0.25, 0.3) is 0 Å². The lowest BCUT2D eigenvalue weighted by atomic mass is 9.96. The van der Waals surface area contributed by atoms with Gasteiger partial charge in [-0.15, -0.1) is 0 Å². The van der Waals surface area contributed by atoms with E-state index in [4.69, 9.17) is 4.74 Å². The van der Waals surface area contributed by atoms with Gasteiger partial charge >= 0.3 is 0 Å². The summed E-state index contributed by atoms with van der Waals surface area (Å²) in [6.07, 6.45) is 4.23. The van der Waals surface area contributed by atoms with Gasteiger partial charge in [-0.3, -0.25) is 0 Å². The molecule has 1 aliphatic heterocycles. The zero-order valence-electron chi connectivity index (χ0n) is 11.2. The zero-order chi connectivity index (χ0) is 14.7. The second-order valence-corrected chi connectivity index (χ2v) is 4.72. The van der Waals surface area contributed by atoms with Crippen molar-refractivity contribution >= 4 is 0 Å². The fraction of sp³-hybridized carbons (Fsp3) is 0.333. The third-order valence-corrected chi connectivity index (χ3v) is 3.24. The van der Waals surface area contributed by atoms with Crippen molar-refractivity contribution in [2.75, 3.05) is 0 Å². The van der Waals surface area contributed by atoms with Crippen LogP contribution < -0.4 is 4.74 Å². The molecule has 0 radical (unpaired) electrons. The molecule has 1 aliphatic rings. The molecule has 0 spiro atoms. The summed E-state index contributed by atoms with van der Waals surface area (Å²) < 4.78 is 5.60. The van der Waals surface area contributed by atoms with Crippen molar-refractivity contribution in [2.24, 2.45) is 0 Å². The van der Waals surface area contributed by atoms with Gasteiger partial charge in [0.15, 0.2) is 0 Å². The number of benzene rings is 1. The fourth-order valence-electron chi connectivity index (χ4n) is 2.13. The molecule has 20 heavy (non-hydrogen) atoms. The van der Waals surface area contributed by atoms with E-state index in [1.807, 2.05) is 0 Å². The molecule has 0 saturated heterocycles.